The number of carbonyl (C=O) groups excluding carboxylic acids is 2. The SMILES string of the molecule is CC(C)CC(NC(=O)c1ccc2c(c1)OCO2)C(=O)NCCc1cccnc1. The summed E-state index contributed by atoms with van der Waals surface area (Å²) in [4.78, 5) is 29.3. The second kappa shape index (κ2) is 9.21. The van der Waals surface area contributed by atoms with Crippen molar-refractivity contribution in [3.8, 4) is 11.5 Å². The maximum Gasteiger partial charge on any atom is 0.252 e. The molecular weight excluding hydrogens is 358 g/mol. The van der Waals surface area contributed by atoms with Gasteiger partial charge in [0.15, 0.2) is 11.5 Å². The summed E-state index contributed by atoms with van der Waals surface area (Å²) in [6, 6.07) is 8.21. The summed E-state index contributed by atoms with van der Waals surface area (Å²) in [5.41, 5.74) is 1.48. The van der Waals surface area contributed by atoms with Crippen molar-refractivity contribution in [1.29, 1.82) is 0 Å². The molecule has 0 aliphatic carbocycles. The molecule has 7 nitrogen and oxygen atoms in total. The molecule has 0 bridgehead atoms. The lowest BCUT2D eigenvalue weighted by Gasteiger charge is -2.20. The number of fused-ring (bicyclic) bond motifs is 1. The zero-order chi connectivity index (χ0) is 19.9. The van der Waals surface area contributed by atoms with Crippen LogP contribution in [-0.4, -0.2) is 36.2 Å². The zero-order valence-electron chi connectivity index (χ0n) is 16.1. The van der Waals surface area contributed by atoms with Gasteiger partial charge in [0.2, 0.25) is 12.7 Å². The van der Waals surface area contributed by atoms with E-state index in [9.17, 15) is 9.59 Å². The van der Waals surface area contributed by atoms with Crippen LogP contribution in [0, 0.1) is 5.92 Å². The molecule has 1 aliphatic rings. The van der Waals surface area contributed by atoms with E-state index in [4.69, 9.17) is 9.47 Å². The van der Waals surface area contributed by atoms with Crippen molar-refractivity contribution in [2.45, 2.75) is 32.7 Å². The Bertz CT molecular complexity index is 824. The van der Waals surface area contributed by atoms with E-state index in [2.05, 4.69) is 15.6 Å². The molecule has 7 heteroatoms. The minimum atomic E-state index is -0.605. The van der Waals surface area contributed by atoms with Crippen molar-refractivity contribution < 1.29 is 19.1 Å². The van der Waals surface area contributed by atoms with Gasteiger partial charge in [0.05, 0.1) is 0 Å². The van der Waals surface area contributed by atoms with Gasteiger partial charge >= 0.3 is 0 Å². The summed E-state index contributed by atoms with van der Waals surface area (Å²) in [6.45, 7) is 4.67. The highest BCUT2D eigenvalue weighted by Gasteiger charge is 2.23. The Morgan fingerprint density at radius 2 is 2.00 bits per heavy atom. The first-order chi connectivity index (χ1) is 13.5. The van der Waals surface area contributed by atoms with Gasteiger partial charge in [-0.25, -0.2) is 0 Å². The van der Waals surface area contributed by atoms with Crippen LogP contribution in [0.4, 0.5) is 0 Å². The van der Waals surface area contributed by atoms with Gasteiger partial charge in [0, 0.05) is 24.5 Å². The van der Waals surface area contributed by atoms with Crippen molar-refractivity contribution in [3.05, 3.63) is 53.9 Å². The molecule has 0 spiro atoms. The van der Waals surface area contributed by atoms with E-state index in [1.54, 1.807) is 30.6 Å². The third-order valence-corrected chi connectivity index (χ3v) is 4.40. The number of nitrogens with one attached hydrogen (secondary N) is 2. The first-order valence-electron chi connectivity index (χ1n) is 9.40. The van der Waals surface area contributed by atoms with Crippen LogP contribution >= 0.6 is 0 Å². The highest BCUT2D eigenvalue weighted by Crippen LogP contribution is 2.32. The van der Waals surface area contributed by atoms with Gasteiger partial charge in [-0.05, 0) is 48.6 Å². The number of rotatable bonds is 8. The summed E-state index contributed by atoms with van der Waals surface area (Å²) < 4.78 is 10.6. The number of amides is 2. The number of benzene rings is 1. The van der Waals surface area contributed by atoms with Crippen LogP contribution in [0.5, 0.6) is 11.5 Å². The number of ether oxygens (including phenoxy) is 2. The normalized spacial score (nSPS) is 13.2. The Morgan fingerprint density at radius 1 is 1.18 bits per heavy atom. The summed E-state index contributed by atoms with van der Waals surface area (Å²) in [7, 11) is 0. The smallest absolute Gasteiger partial charge is 0.252 e. The molecule has 2 heterocycles. The predicted octanol–water partition coefficient (Wildman–Crippen LogP) is 2.31. The molecule has 0 radical (unpaired) electrons. The molecule has 1 aromatic heterocycles. The molecule has 1 unspecified atom stereocenters. The monoisotopic (exact) mass is 383 g/mol. The van der Waals surface area contributed by atoms with Crippen LogP contribution in [0.1, 0.15) is 36.2 Å². The number of pyridine rings is 1. The molecule has 0 saturated heterocycles. The topological polar surface area (TPSA) is 89.5 Å². The van der Waals surface area contributed by atoms with E-state index in [0.29, 0.717) is 36.4 Å². The molecular formula is C21H25N3O4. The van der Waals surface area contributed by atoms with Crippen LogP contribution in [0.15, 0.2) is 42.7 Å². The average Bonchev–Trinajstić information content (AvgIpc) is 3.15. The Hall–Kier alpha value is -3.09. The quantitative estimate of drug-likeness (QED) is 0.730. The zero-order valence-corrected chi connectivity index (χ0v) is 16.1. The number of nitrogens with zero attached hydrogens (tertiary/aromatic N) is 1. The van der Waals surface area contributed by atoms with Gasteiger partial charge in [0.1, 0.15) is 6.04 Å². The van der Waals surface area contributed by atoms with Crippen molar-refractivity contribution in [1.82, 2.24) is 15.6 Å². The van der Waals surface area contributed by atoms with E-state index in [1.807, 2.05) is 26.0 Å². The fourth-order valence-electron chi connectivity index (χ4n) is 2.98. The average molecular weight is 383 g/mol. The second-order valence-electron chi connectivity index (χ2n) is 7.13. The van der Waals surface area contributed by atoms with Gasteiger partial charge in [-0.2, -0.15) is 0 Å². The van der Waals surface area contributed by atoms with Crippen molar-refractivity contribution in [2.75, 3.05) is 13.3 Å². The number of aromatic nitrogens is 1. The predicted molar refractivity (Wildman–Crippen MR) is 104 cm³/mol. The summed E-state index contributed by atoms with van der Waals surface area (Å²) >= 11 is 0. The molecule has 1 aliphatic heterocycles. The molecule has 2 aromatic rings. The maximum absolute atomic E-state index is 12.6. The van der Waals surface area contributed by atoms with Crippen LogP contribution in [0.3, 0.4) is 0 Å². The van der Waals surface area contributed by atoms with E-state index >= 15 is 0 Å². The lowest BCUT2D eigenvalue weighted by atomic mass is 10.0. The van der Waals surface area contributed by atoms with Crippen molar-refractivity contribution >= 4 is 11.8 Å². The lowest BCUT2D eigenvalue weighted by molar-refractivity contribution is -0.123. The third kappa shape index (κ3) is 5.22. The molecule has 28 heavy (non-hydrogen) atoms. The van der Waals surface area contributed by atoms with Crippen LogP contribution in [-0.2, 0) is 11.2 Å². The highest BCUT2D eigenvalue weighted by atomic mass is 16.7. The van der Waals surface area contributed by atoms with Gasteiger partial charge in [-0.3, -0.25) is 14.6 Å². The van der Waals surface area contributed by atoms with Gasteiger partial charge in [-0.1, -0.05) is 19.9 Å². The first-order valence-corrected chi connectivity index (χ1v) is 9.40. The van der Waals surface area contributed by atoms with Crippen molar-refractivity contribution in [2.24, 2.45) is 5.92 Å². The molecule has 0 saturated carbocycles. The maximum atomic E-state index is 12.6. The van der Waals surface area contributed by atoms with Crippen LogP contribution < -0.4 is 20.1 Å². The molecule has 0 fully saturated rings. The van der Waals surface area contributed by atoms with E-state index in [0.717, 1.165) is 5.56 Å². The van der Waals surface area contributed by atoms with Gasteiger partial charge in [0.25, 0.3) is 5.91 Å². The number of hydrogen-bond acceptors (Lipinski definition) is 5. The molecule has 2 amide bonds. The number of hydrogen-bond donors (Lipinski definition) is 2. The Labute approximate surface area is 164 Å². The van der Waals surface area contributed by atoms with Gasteiger partial charge in [-0.15, -0.1) is 0 Å². The number of carbonyl (C=O) groups is 2. The van der Waals surface area contributed by atoms with E-state index < -0.39 is 6.04 Å². The minimum Gasteiger partial charge on any atom is -0.454 e. The highest BCUT2D eigenvalue weighted by molar-refractivity contribution is 5.98. The van der Waals surface area contributed by atoms with E-state index in [-0.39, 0.29) is 24.5 Å². The van der Waals surface area contributed by atoms with Crippen LogP contribution in [0.2, 0.25) is 0 Å². The Balaban J connectivity index is 1.59. The summed E-state index contributed by atoms with van der Waals surface area (Å²) in [6.07, 6.45) is 4.73. The molecule has 1 atom stereocenters. The summed E-state index contributed by atoms with van der Waals surface area (Å²) in [5, 5.41) is 5.75. The van der Waals surface area contributed by atoms with Gasteiger partial charge < -0.3 is 20.1 Å². The largest absolute Gasteiger partial charge is 0.454 e. The minimum absolute atomic E-state index is 0.149. The Kier molecular flexibility index (Phi) is 6.47. The fourth-order valence-corrected chi connectivity index (χ4v) is 2.98. The standard InChI is InChI=1S/C21H25N3O4/c1-14(2)10-17(21(26)23-9-7-15-4-3-8-22-12-15)24-20(25)16-5-6-18-19(11-16)28-13-27-18/h3-6,8,11-12,14,17H,7,9-10,13H2,1-2H3,(H,23,26)(H,24,25). The fraction of sp³-hybridized carbons (Fsp3) is 0.381. The third-order valence-electron chi connectivity index (χ3n) is 4.40. The molecule has 148 valence electrons. The first kappa shape index (κ1) is 19.7. The lowest BCUT2D eigenvalue weighted by Crippen LogP contribution is -2.47. The van der Waals surface area contributed by atoms with Crippen molar-refractivity contribution in [3.63, 3.8) is 0 Å². The Morgan fingerprint density at radius 3 is 2.75 bits per heavy atom. The molecule has 3 rings (SSSR count). The van der Waals surface area contributed by atoms with Crippen LogP contribution in [0.25, 0.3) is 0 Å². The summed E-state index contributed by atoms with van der Waals surface area (Å²) in [5.74, 6) is 0.904. The second-order valence-corrected chi connectivity index (χ2v) is 7.13. The molecule has 2 N–H and O–H groups in total. The van der Waals surface area contributed by atoms with E-state index in [1.165, 1.54) is 0 Å². The molecule has 1 aromatic carbocycles.